The molecule has 4 nitrogen and oxygen atoms in total. The van der Waals surface area contributed by atoms with Crippen LogP contribution in [0.25, 0.3) is 10.3 Å². The molecule has 0 amide bonds. The van der Waals surface area contributed by atoms with Crippen LogP contribution in [0.5, 0.6) is 0 Å². The quantitative estimate of drug-likeness (QED) is 0.712. The number of hydrogen-bond acceptors (Lipinski definition) is 4. The molecule has 2 aromatic heterocycles. The highest BCUT2D eigenvalue weighted by atomic mass is 32.1. The van der Waals surface area contributed by atoms with E-state index < -0.39 is 0 Å². The zero-order valence-electron chi connectivity index (χ0n) is 6.50. The zero-order valence-corrected chi connectivity index (χ0v) is 7.31. The number of hydrogen-bond donors (Lipinski definition) is 1. The number of nitrogens with one attached hydrogen (secondary N) is 1. The van der Waals surface area contributed by atoms with Crippen LogP contribution in [0.1, 0.15) is 11.9 Å². The molecule has 12 heavy (non-hydrogen) atoms. The molecule has 0 aliphatic heterocycles. The third-order valence-corrected chi connectivity index (χ3v) is 2.66. The molecule has 0 unspecified atom stereocenters. The first-order chi connectivity index (χ1) is 5.81. The number of aryl methyl sites for hydroxylation is 1. The molecular weight excluding hydrogens is 174 g/mol. The van der Waals surface area contributed by atoms with Gasteiger partial charge in [-0.15, -0.1) is 0 Å². The van der Waals surface area contributed by atoms with Crippen molar-refractivity contribution in [3.8, 4) is 0 Å². The van der Waals surface area contributed by atoms with Gasteiger partial charge in [0, 0.05) is 0 Å². The van der Waals surface area contributed by atoms with Crippen LogP contribution >= 0.6 is 11.3 Å². The van der Waals surface area contributed by atoms with Crippen molar-refractivity contribution >= 4 is 21.7 Å². The Bertz CT molecular complexity index is 459. The van der Waals surface area contributed by atoms with E-state index in [1.165, 1.54) is 17.7 Å². The minimum atomic E-state index is -0.157. The molecule has 0 fully saturated rings. The van der Waals surface area contributed by atoms with Gasteiger partial charge in [0.2, 0.25) is 0 Å². The highest BCUT2D eigenvalue weighted by Crippen LogP contribution is 2.15. The monoisotopic (exact) mass is 181 g/mol. The van der Waals surface area contributed by atoms with Crippen LogP contribution in [0.4, 0.5) is 0 Å². The second-order valence-electron chi connectivity index (χ2n) is 2.35. The zero-order chi connectivity index (χ0) is 8.55. The van der Waals surface area contributed by atoms with Gasteiger partial charge in [0.1, 0.15) is 0 Å². The van der Waals surface area contributed by atoms with E-state index in [1.54, 1.807) is 0 Å². The highest BCUT2D eigenvalue weighted by Gasteiger charge is 2.05. The smallest absolute Gasteiger partial charge is 0.278 e. The van der Waals surface area contributed by atoms with Crippen LogP contribution in [-0.4, -0.2) is 15.0 Å². The number of nitrogens with zero attached hydrogens (tertiary/aromatic N) is 2. The van der Waals surface area contributed by atoms with E-state index in [1.807, 2.05) is 6.92 Å². The van der Waals surface area contributed by atoms with Gasteiger partial charge in [0.25, 0.3) is 5.56 Å². The van der Waals surface area contributed by atoms with E-state index in [-0.39, 0.29) is 5.56 Å². The summed E-state index contributed by atoms with van der Waals surface area (Å²) in [5, 5.41) is 0.953. The van der Waals surface area contributed by atoms with Crippen molar-refractivity contribution in [1.29, 1.82) is 0 Å². The lowest BCUT2D eigenvalue weighted by Crippen LogP contribution is -2.05. The average molecular weight is 181 g/mol. The van der Waals surface area contributed by atoms with Gasteiger partial charge >= 0.3 is 0 Å². The Morgan fingerprint density at radius 3 is 3.17 bits per heavy atom. The summed E-state index contributed by atoms with van der Waals surface area (Å²) in [5.41, 5.74) is 0.301. The summed E-state index contributed by atoms with van der Waals surface area (Å²) in [7, 11) is 0. The number of H-pyrrole nitrogens is 1. The van der Waals surface area contributed by atoms with E-state index >= 15 is 0 Å². The Balaban J connectivity index is 2.83. The topological polar surface area (TPSA) is 58.6 Å². The van der Waals surface area contributed by atoms with Crippen LogP contribution in [-0.2, 0) is 6.42 Å². The maximum Gasteiger partial charge on any atom is 0.278 e. The fourth-order valence-corrected chi connectivity index (χ4v) is 1.80. The fraction of sp³-hybridized carbons (Fsp3) is 0.286. The first-order valence-corrected chi connectivity index (χ1v) is 4.46. The summed E-state index contributed by atoms with van der Waals surface area (Å²) in [6.07, 6.45) is 2.25. The van der Waals surface area contributed by atoms with Gasteiger partial charge in [-0.25, -0.2) is 9.97 Å². The standard InChI is InChI=1S/C7H7N3OS/c1-2-4-10-5-6(11)8-3-9-7(5)12-4/h3H,2H2,1H3,(H,8,9,11). The van der Waals surface area contributed by atoms with Gasteiger partial charge in [-0.1, -0.05) is 18.3 Å². The Morgan fingerprint density at radius 2 is 2.50 bits per heavy atom. The number of thiazole rings is 1. The maximum atomic E-state index is 11.2. The van der Waals surface area contributed by atoms with Crippen LogP contribution in [0.2, 0.25) is 0 Å². The minimum absolute atomic E-state index is 0.157. The molecule has 2 heterocycles. The summed E-state index contributed by atoms with van der Waals surface area (Å²) in [5.74, 6) is 0. The summed E-state index contributed by atoms with van der Waals surface area (Å²) < 4.78 is 0. The van der Waals surface area contributed by atoms with E-state index in [2.05, 4.69) is 15.0 Å². The molecule has 0 aliphatic rings. The van der Waals surface area contributed by atoms with Crippen molar-refractivity contribution in [2.75, 3.05) is 0 Å². The Morgan fingerprint density at radius 1 is 1.67 bits per heavy atom. The molecule has 0 radical (unpaired) electrons. The molecule has 62 valence electrons. The Labute approximate surface area is 72.3 Å². The largest absolute Gasteiger partial charge is 0.311 e. The van der Waals surface area contributed by atoms with Crippen LogP contribution in [0.3, 0.4) is 0 Å². The molecule has 2 rings (SSSR count). The third kappa shape index (κ3) is 1.02. The van der Waals surface area contributed by atoms with Gasteiger partial charge in [-0.05, 0) is 6.42 Å². The normalized spacial score (nSPS) is 10.8. The second-order valence-corrected chi connectivity index (χ2v) is 3.41. The van der Waals surface area contributed by atoms with E-state index in [4.69, 9.17) is 0 Å². The first kappa shape index (κ1) is 7.42. The van der Waals surface area contributed by atoms with E-state index in [0.29, 0.717) is 5.52 Å². The number of aromatic nitrogens is 3. The van der Waals surface area contributed by atoms with E-state index in [0.717, 1.165) is 16.3 Å². The molecule has 0 bridgehead atoms. The predicted molar refractivity (Wildman–Crippen MR) is 47.4 cm³/mol. The highest BCUT2D eigenvalue weighted by molar-refractivity contribution is 7.18. The van der Waals surface area contributed by atoms with Crippen LogP contribution in [0, 0.1) is 0 Å². The molecule has 0 atom stereocenters. The second kappa shape index (κ2) is 2.67. The van der Waals surface area contributed by atoms with Crippen molar-refractivity contribution in [2.45, 2.75) is 13.3 Å². The molecule has 0 saturated heterocycles. The van der Waals surface area contributed by atoms with Crippen molar-refractivity contribution in [2.24, 2.45) is 0 Å². The van der Waals surface area contributed by atoms with Gasteiger partial charge < -0.3 is 4.98 Å². The van der Waals surface area contributed by atoms with Crippen LogP contribution in [0.15, 0.2) is 11.1 Å². The maximum absolute atomic E-state index is 11.2. The van der Waals surface area contributed by atoms with Crippen LogP contribution < -0.4 is 5.56 Å². The minimum Gasteiger partial charge on any atom is -0.311 e. The molecule has 2 aromatic rings. The van der Waals surface area contributed by atoms with Gasteiger partial charge in [0.05, 0.1) is 11.3 Å². The van der Waals surface area contributed by atoms with Crippen molar-refractivity contribution < 1.29 is 0 Å². The molecule has 5 heteroatoms. The lowest BCUT2D eigenvalue weighted by atomic mass is 10.5. The third-order valence-electron chi connectivity index (χ3n) is 1.55. The summed E-state index contributed by atoms with van der Waals surface area (Å²) in [6, 6.07) is 0. The van der Waals surface area contributed by atoms with Crippen molar-refractivity contribution in [3.05, 3.63) is 21.7 Å². The fourth-order valence-electron chi connectivity index (χ4n) is 0.960. The number of rotatable bonds is 1. The van der Waals surface area contributed by atoms with Gasteiger partial charge in [-0.2, -0.15) is 0 Å². The van der Waals surface area contributed by atoms with Gasteiger partial charge in [-0.3, -0.25) is 4.79 Å². The SMILES string of the molecule is CCc1nc2c(=O)[nH]cnc2s1. The average Bonchev–Trinajstić information content (AvgIpc) is 2.49. The lowest BCUT2D eigenvalue weighted by Gasteiger charge is -1.81. The molecule has 0 aliphatic carbocycles. The molecule has 0 spiro atoms. The number of fused-ring (bicyclic) bond motifs is 1. The summed E-state index contributed by atoms with van der Waals surface area (Å²) >= 11 is 1.47. The predicted octanol–water partition coefficient (Wildman–Crippen LogP) is 0.942. The number of aromatic amines is 1. The van der Waals surface area contributed by atoms with E-state index in [9.17, 15) is 4.79 Å². The van der Waals surface area contributed by atoms with Crippen molar-refractivity contribution in [1.82, 2.24) is 15.0 Å². The Hall–Kier alpha value is -1.23. The van der Waals surface area contributed by atoms with Crippen molar-refractivity contribution in [3.63, 3.8) is 0 Å². The molecule has 0 aromatic carbocycles. The molecular formula is C7H7N3OS. The lowest BCUT2D eigenvalue weighted by molar-refractivity contribution is 1.09. The Kier molecular flexibility index (Phi) is 1.65. The molecule has 0 saturated carbocycles. The molecule has 1 N–H and O–H groups in total. The first-order valence-electron chi connectivity index (χ1n) is 3.64. The summed E-state index contributed by atoms with van der Waals surface area (Å²) in [4.78, 5) is 22.5. The summed E-state index contributed by atoms with van der Waals surface area (Å²) in [6.45, 7) is 2.01. The van der Waals surface area contributed by atoms with Gasteiger partial charge in [0.15, 0.2) is 10.3 Å².